The molecule has 1 aliphatic rings. The van der Waals surface area contributed by atoms with Crippen molar-refractivity contribution in [1.29, 1.82) is 0 Å². The van der Waals surface area contributed by atoms with Gasteiger partial charge in [0.25, 0.3) is 0 Å². The number of fused-ring (bicyclic) bond motifs is 1. The molecule has 2 nitrogen and oxygen atoms in total. The fourth-order valence-corrected chi connectivity index (χ4v) is 4.36. The van der Waals surface area contributed by atoms with Gasteiger partial charge in [0.15, 0.2) is 0 Å². The molecule has 1 heterocycles. The van der Waals surface area contributed by atoms with Crippen LogP contribution in [0, 0.1) is 0 Å². The molecule has 0 saturated heterocycles. The molecule has 3 unspecified atom stereocenters. The van der Waals surface area contributed by atoms with Crippen molar-refractivity contribution >= 4 is 34.7 Å². The maximum absolute atomic E-state index is 9.29. The summed E-state index contributed by atoms with van der Waals surface area (Å²) in [5.74, 6) is 0. The molecule has 2 rings (SSSR count). The number of halogens is 1. The summed E-state index contributed by atoms with van der Waals surface area (Å²) in [5, 5.41) is 13.2. The Morgan fingerprint density at radius 2 is 2.47 bits per heavy atom. The van der Waals surface area contributed by atoms with Crippen molar-refractivity contribution in [3.63, 3.8) is 0 Å². The molecule has 0 bridgehead atoms. The van der Waals surface area contributed by atoms with Gasteiger partial charge >= 0.3 is 0 Å². The van der Waals surface area contributed by atoms with Gasteiger partial charge in [0, 0.05) is 22.2 Å². The second-order valence-corrected chi connectivity index (χ2v) is 7.28. The fourth-order valence-electron chi connectivity index (χ4n) is 2.36. The highest BCUT2D eigenvalue weighted by Gasteiger charge is 2.27. The third-order valence-electron chi connectivity index (χ3n) is 3.35. The molecule has 0 radical (unpaired) electrons. The van der Waals surface area contributed by atoms with E-state index < -0.39 is 0 Å². The Morgan fingerprint density at radius 3 is 3.12 bits per heavy atom. The highest BCUT2D eigenvalue weighted by Crippen LogP contribution is 2.39. The van der Waals surface area contributed by atoms with Crippen molar-refractivity contribution in [3.8, 4) is 0 Å². The molecule has 1 aromatic rings. The zero-order valence-electron chi connectivity index (χ0n) is 10.1. The van der Waals surface area contributed by atoms with E-state index in [0.29, 0.717) is 12.1 Å². The molecule has 96 valence electrons. The first kappa shape index (κ1) is 13.7. The highest BCUT2D eigenvalue weighted by molar-refractivity contribution is 7.99. The Balaban J connectivity index is 2.01. The van der Waals surface area contributed by atoms with Crippen molar-refractivity contribution < 1.29 is 5.11 Å². The molecule has 0 aromatic carbocycles. The van der Waals surface area contributed by atoms with Gasteiger partial charge in [0.05, 0.1) is 10.9 Å². The number of nitrogens with one attached hydrogen (secondary N) is 1. The van der Waals surface area contributed by atoms with Crippen LogP contribution in [0.1, 0.15) is 29.8 Å². The van der Waals surface area contributed by atoms with Crippen molar-refractivity contribution in [3.05, 3.63) is 20.8 Å². The van der Waals surface area contributed by atoms with Crippen LogP contribution in [0.3, 0.4) is 0 Å². The first-order valence-corrected chi connectivity index (χ1v) is 8.31. The maximum Gasteiger partial charge on any atom is 0.0934 e. The lowest BCUT2D eigenvalue weighted by molar-refractivity contribution is 0.270. The van der Waals surface area contributed by atoms with E-state index in [0.717, 1.165) is 17.2 Å². The Morgan fingerprint density at radius 1 is 1.71 bits per heavy atom. The average Bonchev–Trinajstić information content (AvgIpc) is 2.81. The van der Waals surface area contributed by atoms with Crippen LogP contribution in [0.2, 0.25) is 4.34 Å². The number of hydrogen-bond acceptors (Lipinski definition) is 4. The topological polar surface area (TPSA) is 32.3 Å². The normalized spacial score (nSPS) is 22.5. The summed E-state index contributed by atoms with van der Waals surface area (Å²) in [6.07, 6.45) is 4.32. The number of aliphatic hydroxyl groups is 1. The third-order valence-corrected chi connectivity index (χ3v) is 5.85. The summed E-state index contributed by atoms with van der Waals surface area (Å²) in [6, 6.07) is 2.81. The van der Waals surface area contributed by atoms with E-state index >= 15 is 0 Å². The van der Waals surface area contributed by atoms with Gasteiger partial charge in [-0.1, -0.05) is 11.6 Å². The summed E-state index contributed by atoms with van der Waals surface area (Å²) in [4.78, 5) is 1.42. The first-order chi connectivity index (χ1) is 8.15. The van der Waals surface area contributed by atoms with Crippen LogP contribution in [0.5, 0.6) is 0 Å². The summed E-state index contributed by atoms with van der Waals surface area (Å²) < 4.78 is 0.887. The smallest absolute Gasteiger partial charge is 0.0934 e. The SMILES string of the molecule is CSC(CO)C(C)NC1CCc2sc(Cl)cc21. The van der Waals surface area contributed by atoms with Gasteiger partial charge in [-0.3, -0.25) is 0 Å². The number of rotatable bonds is 5. The molecule has 2 N–H and O–H groups in total. The summed E-state index contributed by atoms with van der Waals surface area (Å²) >= 11 is 9.45. The van der Waals surface area contributed by atoms with Gasteiger partial charge in [-0.2, -0.15) is 11.8 Å². The third kappa shape index (κ3) is 2.99. The van der Waals surface area contributed by atoms with E-state index in [9.17, 15) is 5.11 Å². The van der Waals surface area contributed by atoms with Crippen LogP contribution in [-0.4, -0.2) is 29.3 Å². The summed E-state index contributed by atoms with van der Waals surface area (Å²) in [6.45, 7) is 2.36. The number of hydrogen-bond donors (Lipinski definition) is 2. The van der Waals surface area contributed by atoms with E-state index in [4.69, 9.17) is 11.6 Å². The van der Waals surface area contributed by atoms with Crippen LogP contribution >= 0.6 is 34.7 Å². The van der Waals surface area contributed by atoms with Crippen LogP contribution < -0.4 is 5.32 Å². The maximum atomic E-state index is 9.29. The highest BCUT2D eigenvalue weighted by atomic mass is 35.5. The Hall–Kier alpha value is 0.260. The predicted octanol–water partition coefficient (Wildman–Crippen LogP) is 3.09. The number of aryl methyl sites for hydroxylation is 1. The number of aliphatic hydroxyl groups excluding tert-OH is 1. The second kappa shape index (κ2) is 5.93. The van der Waals surface area contributed by atoms with E-state index in [-0.39, 0.29) is 11.9 Å². The van der Waals surface area contributed by atoms with Crippen LogP contribution in [0.25, 0.3) is 0 Å². The molecule has 1 aliphatic carbocycles. The van der Waals surface area contributed by atoms with Gasteiger partial charge < -0.3 is 10.4 Å². The molecule has 17 heavy (non-hydrogen) atoms. The minimum absolute atomic E-state index is 0.222. The van der Waals surface area contributed by atoms with Crippen molar-refractivity contribution in [2.75, 3.05) is 12.9 Å². The second-order valence-electron chi connectivity index (χ2n) is 4.43. The quantitative estimate of drug-likeness (QED) is 0.874. The molecule has 0 fully saturated rings. The van der Waals surface area contributed by atoms with E-state index in [2.05, 4.69) is 18.3 Å². The van der Waals surface area contributed by atoms with Gasteiger partial charge in [-0.15, -0.1) is 11.3 Å². The van der Waals surface area contributed by atoms with Crippen LogP contribution in [0.15, 0.2) is 6.07 Å². The number of thioether (sulfide) groups is 1. The minimum Gasteiger partial charge on any atom is -0.395 e. The first-order valence-electron chi connectivity index (χ1n) is 5.83. The largest absolute Gasteiger partial charge is 0.395 e. The standard InChI is InChI=1S/C12H18ClNOS2/c1-7(11(6-15)16-2)14-9-3-4-10-8(9)5-12(13)17-10/h5,7,9,11,14-15H,3-4,6H2,1-2H3. The average molecular weight is 292 g/mol. The molecular weight excluding hydrogens is 274 g/mol. The summed E-state index contributed by atoms with van der Waals surface area (Å²) in [7, 11) is 0. The molecule has 0 aliphatic heterocycles. The molecule has 1 aromatic heterocycles. The monoisotopic (exact) mass is 291 g/mol. The van der Waals surface area contributed by atoms with E-state index in [1.54, 1.807) is 23.1 Å². The lowest BCUT2D eigenvalue weighted by atomic mass is 10.1. The molecule has 0 saturated carbocycles. The predicted molar refractivity (Wildman–Crippen MR) is 77.4 cm³/mol. The van der Waals surface area contributed by atoms with Crippen molar-refractivity contribution in [2.24, 2.45) is 0 Å². The van der Waals surface area contributed by atoms with Gasteiger partial charge in [0.1, 0.15) is 0 Å². The van der Waals surface area contributed by atoms with Crippen LogP contribution in [-0.2, 0) is 6.42 Å². The fraction of sp³-hybridized carbons (Fsp3) is 0.667. The molecule has 3 atom stereocenters. The Bertz CT molecular complexity index is 379. The Labute approximate surface area is 116 Å². The van der Waals surface area contributed by atoms with Gasteiger partial charge in [-0.05, 0) is 37.7 Å². The summed E-state index contributed by atoms with van der Waals surface area (Å²) in [5.41, 5.74) is 1.37. The zero-order valence-corrected chi connectivity index (χ0v) is 12.5. The molecule has 5 heteroatoms. The van der Waals surface area contributed by atoms with E-state index in [1.165, 1.54) is 10.4 Å². The van der Waals surface area contributed by atoms with Crippen molar-refractivity contribution in [2.45, 2.75) is 37.1 Å². The lowest BCUT2D eigenvalue weighted by Crippen LogP contribution is -2.39. The van der Waals surface area contributed by atoms with Crippen molar-refractivity contribution in [1.82, 2.24) is 5.32 Å². The lowest BCUT2D eigenvalue weighted by Gasteiger charge is -2.25. The minimum atomic E-state index is 0.222. The van der Waals surface area contributed by atoms with Crippen LogP contribution in [0.4, 0.5) is 0 Å². The number of thiophene rings is 1. The Kier molecular flexibility index (Phi) is 4.78. The zero-order chi connectivity index (χ0) is 12.4. The molecule has 0 spiro atoms. The van der Waals surface area contributed by atoms with Gasteiger partial charge in [0.2, 0.25) is 0 Å². The molecular formula is C12H18ClNOS2. The van der Waals surface area contributed by atoms with Gasteiger partial charge in [-0.25, -0.2) is 0 Å². The molecule has 0 amide bonds. The van der Waals surface area contributed by atoms with E-state index in [1.807, 2.05) is 6.26 Å².